The van der Waals surface area contributed by atoms with Gasteiger partial charge in [0.05, 0.1) is 12.7 Å². The summed E-state index contributed by atoms with van der Waals surface area (Å²) in [6.45, 7) is 4.16. The molecule has 0 unspecified atom stereocenters. The van der Waals surface area contributed by atoms with Gasteiger partial charge in [0.15, 0.2) is 0 Å². The molecular formula is C26H27N3O5S. The molecule has 0 radical (unpaired) electrons. The Morgan fingerprint density at radius 3 is 2.26 bits per heavy atom. The van der Waals surface area contributed by atoms with E-state index >= 15 is 0 Å². The summed E-state index contributed by atoms with van der Waals surface area (Å²) in [7, 11) is 0. The van der Waals surface area contributed by atoms with Gasteiger partial charge in [-0.1, -0.05) is 62.4 Å². The van der Waals surface area contributed by atoms with Gasteiger partial charge in [0, 0.05) is 5.92 Å². The molecule has 0 bridgehead atoms. The van der Waals surface area contributed by atoms with E-state index in [1.54, 1.807) is 0 Å². The third-order valence-corrected chi connectivity index (χ3v) is 6.82. The minimum atomic E-state index is -1.06. The maximum atomic E-state index is 12.8. The summed E-state index contributed by atoms with van der Waals surface area (Å²) in [5.74, 6) is -1.36. The number of nitrogens with one attached hydrogen (secondary N) is 2. The van der Waals surface area contributed by atoms with E-state index < -0.39 is 18.1 Å². The number of carboxylic acids is 1. The lowest BCUT2D eigenvalue weighted by Gasteiger charge is -2.21. The molecule has 35 heavy (non-hydrogen) atoms. The lowest BCUT2D eigenvalue weighted by atomic mass is 9.98. The highest BCUT2D eigenvalue weighted by Crippen LogP contribution is 2.44. The molecule has 0 aliphatic heterocycles. The van der Waals surface area contributed by atoms with Crippen LogP contribution in [-0.2, 0) is 16.1 Å². The molecule has 0 spiro atoms. The number of aromatic nitrogens is 1. The number of thiazole rings is 1. The minimum Gasteiger partial charge on any atom is -0.477 e. The van der Waals surface area contributed by atoms with Gasteiger partial charge >= 0.3 is 12.1 Å². The van der Waals surface area contributed by atoms with E-state index in [-0.39, 0.29) is 35.8 Å². The molecule has 1 aromatic heterocycles. The number of benzene rings is 2. The second kappa shape index (κ2) is 10.7. The Hall–Kier alpha value is -3.72. The monoisotopic (exact) mass is 493 g/mol. The van der Waals surface area contributed by atoms with Crippen LogP contribution in [-0.4, -0.2) is 40.7 Å². The van der Waals surface area contributed by atoms with Crippen LogP contribution in [0, 0.1) is 5.92 Å². The largest absolute Gasteiger partial charge is 0.477 e. The first kappa shape index (κ1) is 24.4. The highest BCUT2D eigenvalue weighted by molar-refractivity contribution is 7.13. The summed E-state index contributed by atoms with van der Waals surface area (Å²) in [4.78, 5) is 40.6. The summed E-state index contributed by atoms with van der Waals surface area (Å²) in [6, 6.07) is 15.4. The fourth-order valence-corrected chi connectivity index (χ4v) is 4.96. The molecule has 1 aliphatic carbocycles. The number of ether oxygens (including phenoxy) is 1. The van der Waals surface area contributed by atoms with Crippen molar-refractivity contribution in [2.75, 3.05) is 6.61 Å². The van der Waals surface area contributed by atoms with E-state index in [0.29, 0.717) is 11.4 Å². The Morgan fingerprint density at radius 1 is 1.06 bits per heavy atom. The van der Waals surface area contributed by atoms with Gasteiger partial charge in [-0.2, -0.15) is 0 Å². The summed E-state index contributed by atoms with van der Waals surface area (Å²) < 4.78 is 5.59. The van der Waals surface area contributed by atoms with Gasteiger partial charge in [-0.05, 0) is 34.6 Å². The summed E-state index contributed by atoms with van der Waals surface area (Å²) in [5.41, 5.74) is 4.51. The van der Waals surface area contributed by atoms with Crippen molar-refractivity contribution in [1.29, 1.82) is 0 Å². The molecule has 0 saturated heterocycles. The van der Waals surface area contributed by atoms with Crippen molar-refractivity contribution in [3.05, 3.63) is 75.7 Å². The van der Waals surface area contributed by atoms with Crippen molar-refractivity contribution >= 4 is 29.3 Å². The Labute approximate surface area is 207 Å². The maximum Gasteiger partial charge on any atom is 0.407 e. The number of hydrogen-bond donors (Lipinski definition) is 3. The van der Waals surface area contributed by atoms with Crippen LogP contribution in [0.5, 0.6) is 0 Å². The first-order valence-electron chi connectivity index (χ1n) is 11.4. The van der Waals surface area contributed by atoms with Crippen LogP contribution in [0.2, 0.25) is 0 Å². The summed E-state index contributed by atoms with van der Waals surface area (Å²) >= 11 is 0.996. The van der Waals surface area contributed by atoms with Gasteiger partial charge in [-0.25, -0.2) is 14.6 Å². The molecule has 4 rings (SSSR count). The Balaban J connectivity index is 1.37. The number of amides is 2. The normalized spacial score (nSPS) is 13.1. The first-order valence-corrected chi connectivity index (χ1v) is 12.2. The number of nitrogens with zero attached hydrogens (tertiary/aromatic N) is 1. The number of carbonyl (C=O) groups is 3. The maximum absolute atomic E-state index is 12.8. The summed E-state index contributed by atoms with van der Waals surface area (Å²) in [6.07, 6.45) is 1.03. The number of carbonyl (C=O) groups excluding carboxylic acids is 2. The predicted octanol–water partition coefficient (Wildman–Crippen LogP) is 4.41. The predicted molar refractivity (Wildman–Crippen MR) is 132 cm³/mol. The average molecular weight is 494 g/mol. The van der Waals surface area contributed by atoms with Crippen molar-refractivity contribution in [3.63, 3.8) is 0 Å². The van der Waals surface area contributed by atoms with E-state index in [9.17, 15) is 14.4 Å². The average Bonchev–Trinajstić information content (AvgIpc) is 3.44. The zero-order valence-electron chi connectivity index (χ0n) is 19.5. The molecule has 2 amide bonds. The molecule has 1 atom stereocenters. The fourth-order valence-electron chi connectivity index (χ4n) is 4.26. The molecule has 182 valence electrons. The van der Waals surface area contributed by atoms with Crippen molar-refractivity contribution in [2.24, 2.45) is 5.92 Å². The van der Waals surface area contributed by atoms with Gasteiger partial charge in [-0.3, -0.25) is 4.79 Å². The molecule has 1 aliphatic rings. The Bertz CT molecular complexity index is 1190. The van der Waals surface area contributed by atoms with Crippen LogP contribution in [0.25, 0.3) is 11.1 Å². The molecular weight excluding hydrogens is 466 g/mol. The van der Waals surface area contributed by atoms with Crippen LogP contribution in [0.15, 0.2) is 54.7 Å². The minimum absolute atomic E-state index is 0.0705. The van der Waals surface area contributed by atoms with Crippen LogP contribution in [0.3, 0.4) is 0 Å². The molecule has 9 heteroatoms. The van der Waals surface area contributed by atoms with E-state index in [0.717, 1.165) is 33.6 Å². The van der Waals surface area contributed by atoms with Crippen LogP contribution < -0.4 is 10.6 Å². The highest BCUT2D eigenvalue weighted by Gasteiger charge is 2.30. The number of alkyl carbamates (subject to hydrolysis) is 1. The molecule has 8 nitrogen and oxygen atoms in total. The molecule has 0 fully saturated rings. The second-order valence-electron chi connectivity index (χ2n) is 8.79. The number of rotatable bonds is 9. The standard InChI is InChI=1S/C26H27N3O5S/c1-15(2)11-21(24(30)28-13-23-27-12-22(35-23)25(31)32)29-26(33)34-14-20-18-9-5-3-7-16(18)17-8-4-6-10-19(17)20/h3-10,12,15,20-21H,11,13-14H2,1-2H3,(H,28,30)(H,29,33)(H,31,32)/t21-/m0/s1. The third-order valence-electron chi connectivity index (χ3n) is 5.84. The Morgan fingerprint density at radius 2 is 1.69 bits per heavy atom. The van der Waals surface area contributed by atoms with Crippen LogP contribution >= 0.6 is 11.3 Å². The second-order valence-corrected chi connectivity index (χ2v) is 9.91. The highest BCUT2D eigenvalue weighted by atomic mass is 32.1. The fraction of sp³-hybridized carbons (Fsp3) is 0.308. The zero-order chi connectivity index (χ0) is 24.9. The molecule has 0 saturated carbocycles. The van der Waals surface area contributed by atoms with E-state index in [1.807, 2.05) is 50.2 Å². The quantitative estimate of drug-likeness (QED) is 0.406. The third kappa shape index (κ3) is 5.68. The molecule has 3 aromatic rings. The van der Waals surface area contributed by atoms with E-state index in [4.69, 9.17) is 9.84 Å². The SMILES string of the molecule is CC(C)C[C@H](NC(=O)OCC1c2ccccc2-c2ccccc21)C(=O)NCc1ncc(C(=O)O)s1. The number of fused-ring (bicyclic) bond motifs is 3. The smallest absolute Gasteiger partial charge is 0.407 e. The van der Waals surface area contributed by atoms with E-state index in [1.165, 1.54) is 6.20 Å². The van der Waals surface area contributed by atoms with Gasteiger partial charge in [0.2, 0.25) is 5.91 Å². The zero-order valence-corrected chi connectivity index (χ0v) is 20.3. The molecule has 3 N–H and O–H groups in total. The van der Waals surface area contributed by atoms with Gasteiger partial charge in [0.1, 0.15) is 22.5 Å². The van der Waals surface area contributed by atoms with Gasteiger partial charge < -0.3 is 20.5 Å². The van der Waals surface area contributed by atoms with Gasteiger partial charge in [0.25, 0.3) is 0 Å². The van der Waals surface area contributed by atoms with Crippen molar-refractivity contribution < 1.29 is 24.2 Å². The molecule has 1 heterocycles. The van der Waals surface area contributed by atoms with E-state index in [2.05, 4.69) is 27.8 Å². The van der Waals surface area contributed by atoms with Gasteiger partial charge in [-0.15, -0.1) is 11.3 Å². The van der Waals surface area contributed by atoms with Crippen LogP contribution in [0.1, 0.15) is 52.0 Å². The Kier molecular flexibility index (Phi) is 7.45. The van der Waals surface area contributed by atoms with Crippen molar-refractivity contribution in [2.45, 2.75) is 38.8 Å². The lowest BCUT2D eigenvalue weighted by molar-refractivity contribution is -0.123. The van der Waals surface area contributed by atoms with Crippen molar-refractivity contribution in [1.82, 2.24) is 15.6 Å². The van der Waals surface area contributed by atoms with Crippen LogP contribution in [0.4, 0.5) is 4.79 Å². The summed E-state index contributed by atoms with van der Waals surface area (Å²) in [5, 5.41) is 14.9. The molecule has 2 aromatic carbocycles. The topological polar surface area (TPSA) is 118 Å². The lowest BCUT2D eigenvalue weighted by Crippen LogP contribution is -2.47. The first-order chi connectivity index (χ1) is 16.8. The van der Waals surface area contributed by atoms with Crippen molar-refractivity contribution in [3.8, 4) is 11.1 Å². The number of aromatic carboxylic acids is 1. The number of hydrogen-bond acceptors (Lipinski definition) is 6. The number of carboxylic acid groups (broad SMARTS) is 1.